The molecule has 2 heteroatoms. The van der Waals surface area contributed by atoms with Gasteiger partial charge in [0.05, 0.1) is 0 Å². The molecule has 1 N–H and O–H groups in total. The summed E-state index contributed by atoms with van der Waals surface area (Å²) in [5.74, 6) is -0.00819. The summed E-state index contributed by atoms with van der Waals surface area (Å²) in [5.41, 5.74) is 2.83. The van der Waals surface area contributed by atoms with Crippen molar-refractivity contribution in [2.24, 2.45) is 0 Å². The van der Waals surface area contributed by atoms with Crippen LogP contribution in [0.25, 0.3) is 0 Å². The molecule has 0 aliphatic heterocycles. The minimum Gasteiger partial charge on any atom is -0.322 e. The second-order valence-electron chi connectivity index (χ2n) is 5.35. The number of carbonyl (C=O) groups excluding carboxylic acids is 1. The molecule has 0 atom stereocenters. The molecule has 0 unspecified atom stereocenters. The summed E-state index contributed by atoms with van der Waals surface area (Å²) in [5, 5.41) is 2.98. The zero-order chi connectivity index (χ0) is 15.6. The van der Waals surface area contributed by atoms with E-state index in [1.54, 1.807) is 0 Å². The number of rotatable bonds is 7. The lowest BCUT2D eigenvalue weighted by atomic mass is 10.0. The molecule has 22 heavy (non-hydrogen) atoms. The molecule has 0 saturated heterocycles. The third-order valence-corrected chi connectivity index (χ3v) is 3.51. The number of unbranched alkanes of at least 4 members (excludes halogenated alkanes) is 2. The van der Waals surface area contributed by atoms with Gasteiger partial charge in [0.1, 0.15) is 0 Å². The van der Waals surface area contributed by atoms with Crippen LogP contribution in [-0.2, 0) is 11.2 Å². The average Bonchev–Trinajstić information content (AvgIpc) is 2.56. The molecule has 2 aromatic carbocycles. The van der Waals surface area contributed by atoms with Crippen LogP contribution in [0, 0.1) is 0 Å². The van der Waals surface area contributed by atoms with Crippen molar-refractivity contribution in [1.82, 2.24) is 0 Å². The first kappa shape index (κ1) is 16.0. The summed E-state index contributed by atoms with van der Waals surface area (Å²) in [6.45, 7) is 2.16. The van der Waals surface area contributed by atoms with E-state index in [9.17, 15) is 4.79 Å². The smallest absolute Gasteiger partial charge is 0.251 e. The number of carbonyl (C=O) groups is 1. The molecule has 0 radical (unpaired) electrons. The molecule has 0 aliphatic carbocycles. The fourth-order valence-corrected chi connectivity index (χ4v) is 2.27. The van der Waals surface area contributed by atoms with E-state index in [2.05, 4.69) is 30.4 Å². The van der Waals surface area contributed by atoms with E-state index < -0.39 is 0 Å². The van der Waals surface area contributed by atoms with Crippen molar-refractivity contribution in [2.45, 2.75) is 32.6 Å². The highest BCUT2D eigenvalue weighted by atomic mass is 16.1. The molecule has 0 aliphatic rings. The molecule has 0 fully saturated rings. The highest BCUT2D eigenvalue weighted by Crippen LogP contribution is 2.14. The van der Waals surface area contributed by atoms with E-state index >= 15 is 0 Å². The minimum atomic E-state index is -0.00819. The van der Waals surface area contributed by atoms with Gasteiger partial charge in [-0.05, 0) is 24.1 Å². The normalized spacial score (nSPS) is 11.2. The molecule has 2 aromatic rings. The summed E-state index contributed by atoms with van der Waals surface area (Å²) in [6, 6.07) is 19.7. The predicted molar refractivity (Wildman–Crippen MR) is 92.8 cm³/mol. The first-order chi connectivity index (χ1) is 10.8. The van der Waals surface area contributed by atoms with E-state index in [-0.39, 0.29) is 5.91 Å². The molecule has 0 aromatic heterocycles. The van der Waals surface area contributed by atoms with Gasteiger partial charge < -0.3 is 5.32 Å². The summed E-state index contributed by atoms with van der Waals surface area (Å²) >= 11 is 0. The number of benzene rings is 2. The number of hydrogen-bond donors (Lipinski definition) is 1. The van der Waals surface area contributed by atoms with Crippen molar-refractivity contribution >= 4 is 11.6 Å². The lowest BCUT2D eigenvalue weighted by Crippen LogP contribution is -2.16. The average molecular weight is 293 g/mol. The van der Waals surface area contributed by atoms with Crippen molar-refractivity contribution in [3.8, 4) is 0 Å². The van der Waals surface area contributed by atoms with E-state index in [0.717, 1.165) is 36.1 Å². The third kappa shape index (κ3) is 5.21. The molecule has 114 valence electrons. The molecule has 0 saturated carbocycles. The first-order valence-corrected chi connectivity index (χ1v) is 7.89. The standard InChI is InChI=1S/C20H23NO/c1-2-3-6-13-18(16-17-11-7-4-8-12-17)20(22)21-19-14-9-5-10-15-19/h4-5,7-15H,2-3,6,16H2,1H3,(H,21,22)/b18-13+. The number of allylic oxidation sites excluding steroid dienone is 1. The summed E-state index contributed by atoms with van der Waals surface area (Å²) in [4.78, 5) is 12.5. The lowest BCUT2D eigenvalue weighted by molar-refractivity contribution is -0.112. The SMILES string of the molecule is CCCC/C=C(\Cc1ccccc1)C(=O)Nc1ccccc1. The van der Waals surface area contributed by atoms with Crippen molar-refractivity contribution in [3.05, 3.63) is 77.9 Å². The maximum Gasteiger partial charge on any atom is 0.251 e. The van der Waals surface area contributed by atoms with Crippen LogP contribution in [0.1, 0.15) is 31.7 Å². The van der Waals surface area contributed by atoms with Crippen LogP contribution >= 0.6 is 0 Å². The number of hydrogen-bond acceptors (Lipinski definition) is 1. The van der Waals surface area contributed by atoms with Crippen LogP contribution in [0.5, 0.6) is 0 Å². The predicted octanol–water partition coefficient (Wildman–Crippen LogP) is 4.98. The van der Waals surface area contributed by atoms with E-state index in [0.29, 0.717) is 6.42 Å². The molecule has 0 spiro atoms. The van der Waals surface area contributed by atoms with Gasteiger partial charge in [-0.1, -0.05) is 74.4 Å². The lowest BCUT2D eigenvalue weighted by Gasteiger charge is -2.10. The minimum absolute atomic E-state index is 0.00819. The monoisotopic (exact) mass is 293 g/mol. The van der Waals surface area contributed by atoms with Gasteiger partial charge >= 0.3 is 0 Å². The van der Waals surface area contributed by atoms with Crippen molar-refractivity contribution in [1.29, 1.82) is 0 Å². The Kier molecular flexibility index (Phi) is 6.43. The fraction of sp³-hybridized carbons (Fsp3) is 0.250. The Morgan fingerprint density at radius 1 is 1.00 bits per heavy atom. The number of para-hydroxylation sites is 1. The molecule has 2 nitrogen and oxygen atoms in total. The largest absolute Gasteiger partial charge is 0.322 e. The van der Waals surface area contributed by atoms with Gasteiger partial charge in [-0.25, -0.2) is 0 Å². The first-order valence-electron chi connectivity index (χ1n) is 7.89. The Morgan fingerprint density at radius 2 is 1.64 bits per heavy atom. The van der Waals surface area contributed by atoms with E-state index in [1.807, 2.05) is 48.5 Å². The molecule has 0 bridgehead atoms. The Bertz CT molecular complexity index is 602. The topological polar surface area (TPSA) is 29.1 Å². The summed E-state index contributed by atoms with van der Waals surface area (Å²) < 4.78 is 0. The zero-order valence-electron chi connectivity index (χ0n) is 13.1. The van der Waals surface area contributed by atoms with Gasteiger partial charge in [-0.15, -0.1) is 0 Å². The third-order valence-electron chi connectivity index (χ3n) is 3.51. The maximum atomic E-state index is 12.5. The van der Waals surface area contributed by atoms with Gasteiger partial charge in [-0.3, -0.25) is 4.79 Å². The van der Waals surface area contributed by atoms with Gasteiger partial charge in [0, 0.05) is 17.7 Å². The van der Waals surface area contributed by atoms with Crippen LogP contribution in [0.15, 0.2) is 72.3 Å². The van der Waals surface area contributed by atoms with Crippen LogP contribution in [0.3, 0.4) is 0 Å². The van der Waals surface area contributed by atoms with Gasteiger partial charge in [0.2, 0.25) is 0 Å². The second-order valence-corrected chi connectivity index (χ2v) is 5.35. The second kappa shape index (κ2) is 8.83. The van der Waals surface area contributed by atoms with Crippen molar-refractivity contribution in [2.75, 3.05) is 5.32 Å². The van der Waals surface area contributed by atoms with Crippen LogP contribution in [-0.4, -0.2) is 5.91 Å². The quantitative estimate of drug-likeness (QED) is 0.566. The van der Waals surface area contributed by atoms with Gasteiger partial charge in [-0.2, -0.15) is 0 Å². The summed E-state index contributed by atoms with van der Waals surface area (Å²) in [6.07, 6.45) is 5.94. The maximum absolute atomic E-state index is 12.5. The van der Waals surface area contributed by atoms with Gasteiger partial charge in [0.15, 0.2) is 0 Å². The molecule has 0 heterocycles. The van der Waals surface area contributed by atoms with Gasteiger partial charge in [0.25, 0.3) is 5.91 Å². The van der Waals surface area contributed by atoms with Crippen LogP contribution in [0.2, 0.25) is 0 Å². The van der Waals surface area contributed by atoms with Crippen LogP contribution in [0.4, 0.5) is 5.69 Å². The van der Waals surface area contributed by atoms with Crippen LogP contribution < -0.4 is 5.32 Å². The number of nitrogens with one attached hydrogen (secondary N) is 1. The van der Waals surface area contributed by atoms with Crippen molar-refractivity contribution < 1.29 is 4.79 Å². The fourth-order valence-electron chi connectivity index (χ4n) is 2.27. The molecule has 1 amide bonds. The molecule has 2 rings (SSSR count). The van der Waals surface area contributed by atoms with E-state index in [1.165, 1.54) is 0 Å². The Balaban J connectivity index is 2.09. The Labute approximate surface area is 132 Å². The highest BCUT2D eigenvalue weighted by molar-refractivity contribution is 6.03. The highest BCUT2D eigenvalue weighted by Gasteiger charge is 2.10. The Hall–Kier alpha value is -2.35. The zero-order valence-corrected chi connectivity index (χ0v) is 13.1. The number of amides is 1. The Morgan fingerprint density at radius 3 is 2.27 bits per heavy atom. The number of anilines is 1. The van der Waals surface area contributed by atoms with Crippen molar-refractivity contribution in [3.63, 3.8) is 0 Å². The summed E-state index contributed by atoms with van der Waals surface area (Å²) in [7, 11) is 0. The molecular weight excluding hydrogens is 270 g/mol. The molecular formula is C20H23NO. The van der Waals surface area contributed by atoms with E-state index in [4.69, 9.17) is 0 Å².